The van der Waals surface area contributed by atoms with Crippen LogP contribution in [-0.2, 0) is 11.2 Å². The summed E-state index contributed by atoms with van der Waals surface area (Å²) in [6.07, 6.45) is 3.52. The second-order valence-electron chi connectivity index (χ2n) is 6.04. The van der Waals surface area contributed by atoms with E-state index >= 15 is 0 Å². The van der Waals surface area contributed by atoms with Crippen LogP contribution in [0.4, 0.5) is 0 Å². The van der Waals surface area contributed by atoms with Crippen LogP contribution in [0.25, 0.3) is 0 Å². The Kier molecular flexibility index (Phi) is 5.27. The number of hydrogen-bond donors (Lipinski definition) is 0. The fourth-order valence-corrected chi connectivity index (χ4v) is 3.85. The molecule has 116 valence electrons. The molecule has 21 heavy (non-hydrogen) atoms. The molecule has 2 aliphatic heterocycles. The standard InChI is InChI=1S/C16H25N3OS/c20-16(19-6-1-2-7-19)14-18-11-9-17(10-12-18)8-5-15-4-3-13-21-15/h3-4,13H,1-2,5-12,14H2. The number of likely N-dealkylation sites (tertiary alicyclic amines) is 1. The number of thiophene rings is 1. The topological polar surface area (TPSA) is 26.8 Å². The van der Waals surface area contributed by atoms with Gasteiger partial charge in [-0.3, -0.25) is 9.69 Å². The van der Waals surface area contributed by atoms with Crippen LogP contribution in [0.3, 0.4) is 0 Å². The summed E-state index contributed by atoms with van der Waals surface area (Å²) in [4.78, 5) is 20.5. The van der Waals surface area contributed by atoms with Crippen molar-refractivity contribution in [1.29, 1.82) is 0 Å². The fourth-order valence-electron chi connectivity index (χ4n) is 3.15. The molecule has 3 heterocycles. The van der Waals surface area contributed by atoms with Gasteiger partial charge in [0.25, 0.3) is 0 Å². The van der Waals surface area contributed by atoms with Gasteiger partial charge in [0.1, 0.15) is 0 Å². The Morgan fingerprint density at radius 3 is 2.43 bits per heavy atom. The summed E-state index contributed by atoms with van der Waals surface area (Å²) >= 11 is 1.85. The van der Waals surface area contributed by atoms with E-state index in [1.165, 1.54) is 17.7 Å². The SMILES string of the molecule is O=C(CN1CCN(CCc2cccs2)CC1)N1CCCC1. The minimum Gasteiger partial charge on any atom is -0.342 e. The molecule has 1 aromatic rings. The summed E-state index contributed by atoms with van der Waals surface area (Å²) in [5.74, 6) is 0.333. The van der Waals surface area contributed by atoms with E-state index in [0.717, 1.165) is 52.2 Å². The number of rotatable bonds is 5. The summed E-state index contributed by atoms with van der Waals surface area (Å²) < 4.78 is 0. The van der Waals surface area contributed by atoms with E-state index in [1.54, 1.807) is 0 Å². The van der Waals surface area contributed by atoms with Gasteiger partial charge in [-0.15, -0.1) is 11.3 Å². The van der Waals surface area contributed by atoms with Gasteiger partial charge >= 0.3 is 0 Å². The smallest absolute Gasteiger partial charge is 0.236 e. The molecule has 0 aliphatic carbocycles. The molecule has 2 saturated heterocycles. The Morgan fingerprint density at radius 1 is 1.05 bits per heavy atom. The molecule has 0 N–H and O–H groups in total. The molecule has 1 aromatic heterocycles. The highest BCUT2D eigenvalue weighted by Gasteiger charge is 2.23. The lowest BCUT2D eigenvalue weighted by Gasteiger charge is -2.34. The van der Waals surface area contributed by atoms with Crippen molar-refractivity contribution in [3.63, 3.8) is 0 Å². The molecule has 0 radical (unpaired) electrons. The Hall–Kier alpha value is -0.910. The highest BCUT2D eigenvalue weighted by Crippen LogP contribution is 2.12. The average molecular weight is 307 g/mol. The van der Waals surface area contributed by atoms with Gasteiger partial charge in [-0.25, -0.2) is 0 Å². The van der Waals surface area contributed by atoms with Crippen molar-refractivity contribution in [1.82, 2.24) is 14.7 Å². The largest absolute Gasteiger partial charge is 0.342 e. The quantitative estimate of drug-likeness (QED) is 0.825. The zero-order chi connectivity index (χ0) is 14.5. The van der Waals surface area contributed by atoms with Crippen LogP contribution in [0.2, 0.25) is 0 Å². The second-order valence-corrected chi connectivity index (χ2v) is 7.07. The summed E-state index contributed by atoms with van der Waals surface area (Å²) in [5, 5.41) is 2.15. The lowest BCUT2D eigenvalue weighted by molar-refractivity contribution is -0.131. The van der Waals surface area contributed by atoms with E-state index < -0.39 is 0 Å². The van der Waals surface area contributed by atoms with Crippen molar-refractivity contribution >= 4 is 17.2 Å². The first-order chi connectivity index (χ1) is 10.3. The summed E-state index contributed by atoms with van der Waals surface area (Å²) in [7, 11) is 0. The third-order valence-electron chi connectivity index (χ3n) is 4.54. The average Bonchev–Trinajstić information content (AvgIpc) is 3.20. The first-order valence-corrected chi connectivity index (χ1v) is 8.94. The minimum atomic E-state index is 0.333. The molecule has 0 bridgehead atoms. The highest BCUT2D eigenvalue weighted by molar-refractivity contribution is 7.09. The molecular weight excluding hydrogens is 282 g/mol. The zero-order valence-corrected chi connectivity index (χ0v) is 13.5. The van der Waals surface area contributed by atoms with Crippen LogP contribution in [0.5, 0.6) is 0 Å². The number of amides is 1. The monoisotopic (exact) mass is 307 g/mol. The van der Waals surface area contributed by atoms with Crippen molar-refractivity contribution < 1.29 is 4.79 Å². The molecule has 0 unspecified atom stereocenters. The number of nitrogens with zero attached hydrogens (tertiary/aromatic N) is 3. The lowest BCUT2D eigenvalue weighted by Crippen LogP contribution is -2.50. The van der Waals surface area contributed by atoms with E-state index in [1.807, 2.05) is 16.2 Å². The fraction of sp³-hybridized carbons (Fsp3) is 0.688. The highest BCUT2D eigenvalue weighted by atomic mass is 32.1. The number of piperazine rings is 1. The van der Waals surface area contributed by atoms with Gasteiger partial charge in [0, 0.05) is 50.7 Å². The maximum absolute atomic E-state index is 12.1. The van der Waals surface area contributed by atoms with E-state index in [9.17, 15) is 4.79 Å². The van der Waals surface area contributed by atoms with Crippen molar-refractivity contribution in [2.75, 3.05) is 52.4 Å². The summed E-state index contributed by atoms with van der Waals surface area (Å²) in [6.45, 7) is 7.97. The Labute approximate surface area is 131 Å². The van der Waals surface area contributed by atoms with Crippen LogP contribution in [0, 0.1) is 0 Å². The van der Waals surface area contributed by atoms with Crippen LogP contribution in [0.1, 0.15) is 17.7 Å². The maximum atomic E-state index is 12.1. The van der Waals surface area contributed by atoms with Crippen molar-refractivity contribution in [2.24, 2.45) is 0 Å². The molecule has 2 aliphatic rings. The van der Waals surface area contributed by atoms with Gasteiger partial charge < -0.3 is 9.80 Å². The molecule has 0 aromatic carbocycles. The molecule has 0 atom stereocenters. The van der Waals surface area contributed by atoms with Gasteiger partial charge in [-0.1, -0.05) is 6.07 Å². The minimum absolute atomic E-state index is 0.333. The first-order valence-electron chi connectivity index (χ1n) is 8.06. The van der Waals surface area contributed by atoms with E-state index in [-0.39, 0.29) is 0 Å². The third-order valence-corrected chi connectivity index (χ3v) is 5.47. The number of hydrogen-bond acceptors (Lipinski definition) is 4. The van der Waals surface area contributed by atoms with Crippen LogP contribution < -0.4 is 0 Å². The van der Waals surface area contributed by atoms with Gasteiger partial charge in [0.15, 0.2) is 0 Å². The molecule has 0 saturated carbocycles. The first kappa shape index (κ1) is 15.0. The van der Waals surface area contributed by atoms with Gasteiger partial charge in [0.05, 0.1) is 6.54 Å². The van der Waals surface area contributed by atoms with Gasteiger partial charge in [-0.05, 0) is 30.7 Å². The number of carbonyl (C=O) groups is 1. The van der Waals surface area contributed by atoms with Crippen molar-refractivity contribution in [3.05, 3.63) is 22.4 Å². The Bertz CT molecular complexity index is 434. The predicted octanol–water partition coefficient (Wildman–Crippen LogP) is 1.53. The summed E-state index contributed by atoms with van der Waals surface area (Å²) in [5.41, 5.74) is 0. The van der Waals surface area contributed by atoms with Crippen LogP contribution >= 0.6 is 11.3 Å². The number of carbonyl (C=O) groups excluding carboxylic acids is 1. The molecule has 2 fully saturated rings. The van der Waals surface area contributed by atoms with E-state index in [4.69, 9.17) is 0 Å². The van der Waals surface area contributed by atoms with Crippen molar-refractivity contribution in [2.45, 2.75) is 19.3 Å². The second kappa shape index (κ2) is 7.38. The molecular formula is C16H25N3OS. The predicted molar refractivity (Wildman–Crippen MR) is 86.7 cm³/mol. The zero-order valence-electron chi connectivity index (χ0n) is 12.7. The molecule has 4 nitrogen and oxygen atoms in total. The Balaban J connectivity index is 1.35. The Morgan fingerprint density at radius 2 is 1.76 bits per heavy atom. The van der Waals surface area contributed by atoms with Crippen LogP contribution in [0.15, 0.2) is 17.5 Å². The van der Waals surface area contributed by atoms with Gasteiger partial charge in [-0.2, -0.15) is 0 Å². The molecule has 3 rings (SSSR count). The molecule has 5 heteroatoms. The molecule has 1 amide bonds. The van der Waals surface area contributed by atoms with Crippen molar-refractivity contribution in [3.8, 4) is 0 Å². The normalized spacial score (nSPS) is 21.0. The van der Waals surface area contributed by atoms with Crippen LogP contribution in [-0.4, -0.2) is 73.0 Å². The maximum Gasteiger partial charge on any atom is 0.236 e. The van der Waals surface area contributed by atoms with E-state index in [0.29, 0.717) is 12.5 Å². The third kappa shape index (κ3) is 4.28. The summed E-state index contributed by atoms with van der Waals surface area (Å²) in [6, 6.07) is 4.34. The lowest BCUT2D eigenvalue weighted by atomic mass is 10.2. The molecule has 0 spiro atoms. The van der Waals surface area contributed by atoms with Gasteiger partial charge in [0.2, 0.25) is 5.91 Å². The van der Waals surface area contributed by atoms with E-state index in [2.05, 4.69) is 27.3 Å².